The molecule has 0 radical (unpaired) electrons. The molecule has 1 aliphatic heterocycles. The second-order valence-electron chi connectivity index (χ2n) is 6.40. The summed E-state index contributed by atoms with van der Waals surface area (Å²) in [4.78, 5) is 23.7. The molecule has 3 fully saturated rings. The topological polar surface area (TPSA) is 94.1 Å². The summed E-state index contributed by atoms with van der Waals surface area (Å²) in [6.45, 7) is 3.38. The van der Waals surface area contributed by atoms with Crippen molar-refractivity contribution >= 4 is 24.0 Å². The van der Waals surface area contributed by atoms with Gasteiger partial charge in [0.15, 0.2) is 0 Å². The van der Waals surface area contributed by atoms with Crippen LogP contribution in [0.2, 0.25) is 0 Å². The Bertz CT molecular complexity index is 452. The predicted molar refractivity (Wildman–Crippen MR) is 67.9 cm³/mol. The summed E-state index contributed by atoms with van der Waals surface area (Å²) >= 11 is 0.605. The lowest BCUT2D eigenvalue weighted by Crippen LogP contribution is -2.36. The summed E-state index contributed by atoms with van der Waals surface area (Å²) in [5, 5.41) is 13.1. The molecule has 5 atom stereocenters. The van der Waals surface area contributed by atoms with Crippen molar-refractivity contribution in [2.75, 3.05) is 6.61 Å². The third kappa shape index (κ3) is 2.54. The number of hydrogen-bond acceptors (Lipinski definition) is 8. The first-order chi connectivity index (χ1) is 9.94. The number of esters is 2. The van der Waals surface area contributed by atoms with E-state index in [1.54, 1.807) is 13.8 Å². The second-order valence-corrected chi connectivity index (χ2v) is 7.72. The van der Waals surface area contributed by atoms with E-state index in [0.29, 0.717) is 23.9 Å². The van der Waals surface area contributed by atoms with Crippen LogP contribution < -0.4 is 5.26 Å². The van der Waals surface area contributed by atoms with Gasteiger partial charge in [-0.05, 0) is 32.6 Å². The van der Waals surface area contributed by atoms with Crippen molar-refractivity contribution in [3.8, 4) is 0 Å². The summed E-state index contributed by atoms with van der Waals surface area (Å²) in [6.07, 6.45) is 1.72. The van der Waals surface area contributed by atoms with Gasteiger partial charge in [0.05, 0.1) is 12.5 Å². The van der Waals surface area contributed by atoms with E-state index in [4.69, 9.17) is 9.47 Å². The molecule has 0 amide bonds. The molecule has 3 aliphatic rings. The molecule has 3 rings (SSSR count). The number of carbonyl (C=O) groups is 2. The predicted octanol–water partition coefficient (Wildman–Crippen LogP) is 0.377. The van der Waals surface area contributed by atoms with Gasteiger partial charge in [0.2, 0.25) is 0 Å². The molecule has 1 saturated heterocycles. The Hall–Kier alpha value is -0.830. The normalized spacial score (nSPS) is 36.9. The van der Waals surface area contributed by atoms with Gasteiger partial charge in [0.25, 0.3) is 0 Å². The van der Waals surface area contributed by atoms with Gasteiger partial charge in [-0.1, -0.05) is 0 Å². The van der Waals surface area contributed by atoms with Crippen LogP contribution in [-0.4, -0.2) is 29.4 Å². The Labute approximate surface area is 126 Å². The number of rotatable bonds is 6. The van der Waals surface area contributed by atoms with Gasteiger partial charge < -0.3 is 14.7 Å². The third-order valence-corrected chi connectivity index (χ3v) is 5.53. The van der Waals surface area contributed by atoms with E-state index in [-0.39, 0.29) is 30.5 Å². The highest BCUT2D eigenvalue weighted by molar-refractivity contribution is 7.96. The molecule has 0 spiro atoms. The van der Waals surface area contributed by atoms with E-state index in [1.165, 1.54) is 0 Å². The van der Waals surface area contributed by atoms with E-state index in [1.807, 2.05) is 0 Å². The Balaban J connectivity index is 1.54. The molecule has 2 aliphatic carbocycles. The summed E-state index contributed by atoms with van der Waals surface area (Å²) in [6, 6.07) is 0. The number of ether oxygens (including phenoxy) is 2. The highest BCUT2D eigenvalue weighted by Crippen LogP contribution is 2.57. The van der Waals surface area contributed by atoms with Crippen molar-refractivity contribution in [2.45, 2.75) is 37.5 Å². The first kappa shape index (κ1) is 15.1. The Morgan fingerprint density at radius 1 is 1.48 bits per heavy atom. The average Bonchev–Trinajstić information content (AvgIpc) is 3.05. The van der Waals surface area contributed by atoms with E-state index in [2.05, 4.69) is 9.37 Å². The number of carbonyl (C=O) groups excluding carboxylic acids is 2. The van der Waals surface area contributed by atoms with Crippen molar-refractivity contribution in [2.24, 2.45) is 23.7 Å². The van der Waals surface area contributed by atoms with Crippen molar-refractivity contribution in [3.63, 3.8) is 0 Å². The van der Waals surface area contributed by atoms with Gasteiger partial charge in [-0.25, -0.2) is 0 Å². The molecule has 8 heteroatoms. The fourth-order valence-corrected chi connectivity index (χ4v) is 4.11. The molecule has 0 aromatic carbocycles. The summed E-state index contributed by atoms with van der Waals surface area (Å²) in [7, 11) is 0. The van der Waals surface area contributed by atoms with Crippen LogP contribution in [0.5, 0.6) is 0 Å². The van der Waals surface area contributed by atoms with Crippen molar-refractivity contribution in [3.05, 3.63) is 0 Å². The third-order valence-electron chi connectivity index (χ3n) is 4.82. The maximum atomic E-state index is 12.0. The zero-order valence-electron chi connectivity index (χ0n) is 11.8. The Morgan fingerprint density at radius 3 is 2.95 bits per heavy atom. The molecule has 2 bridgehead atoms. The van der Waals surface area contributed by atoms with Gasteiger partial charge >= 0.3 is 11.9 Å². The summed E-state index contributed by atoms with van der Waals surface area (Å²) in [5.74, 6) is 0.235. The van der Waals surface area contributed by atoms with E-state index in [9.17, 15) is 14.8 Å². The monoisotopic (exact) mass is 317 g/mol. The number of hydrogen-bond donors (Lipinski definition) is 0. The zero-order chi connectivity index (χ0) is 15.2. The van der Waals surface area contributed by atoms with Crippen LogP contribution in [0.3, 0.4) is 0 Å². The van der Waals surface area contributed by atoms with Crippen molar-refractivity contribution < 1.29 is 33.7 Å². The lowest BCUT2D eigenvalue weighted by molar-refractivity contribution is -0.777. The zero-order valence-corrected chi connectivity index (χ0v) is 12.6. The van der Waals surface area contributed by atoms with Crippen LogP contribution in [0.4, 0.5) is 0 Å². The van der Waals surface area contributed by atoms with Gasteiger partial charge in [-0.3, -0.25) is 14.6 Å². The first-order valence-corrected chi connectivity index (χ1v) is 7.70. The molecule has 1 heterocycles. The molecule has 5 unspecified atom stereocenters. The molecule has 0 aromatic heterocycles. The largest absolute Gasteiger partial charge is 0.691 e. The van der Waals surface area contributed by atoms with E-state index < -0.39 is 10.7 Å². The van der Waals surface area contributed by atoms with Crippen LogP contribution in [0, 0.1) is 23.7 Å². The highest BCUT2D eigenvalue weighted by atomic mass is 32.2. The fraction of sp³-hybridized carbons (Fsp3) is 0.846. The maximum Gasteiger partial charge on any atom is 0.324 e. The Kier molecular flexibility index (Phi) is 3.89. The van der Waals surface area contributed by atoms with Gasteiger partial charge in [-0.15, -0.1) is 0 Å². The lowest BCUT2D eigenvalue weighted by atomic mass is 9.83. The minimum atomic E-state index is -1.04. The van der Waals surface area contributed by atoms with Crippen molar-refractivity contribution in [1.29, 1.82) is 0 Å². The highest BCUT2D eigenvalue weighted by Gasteiger charge is 2.61. The molecule has 7 nitrogen and oxygen atoms in total. The molecule has 0 aromatic rings. The quantitative estimate of drug-likeness (QED) is 0.300. The SMILES string of the molecule is CC(C)(SOO[O-])C(=O)OCC1C2CC3C(=O)OC1C3C2. The fourth-order valence-electron chi connectivity index (χ4n) is 3.79. The van der Waals surface area contributed by atoms with Crippen LogP contribution in [-0.2, 0) is 28.4 Å². The standard InChI is InChI=1S/C13H18O7S/c1-13(2,21-20-19-16)12(15)17-5-9-6-3-7-8(4-6)11(14)18-10(7)9/h6-10,16H,3-5H2,1-2H3/p-1. The molecule has 118 valence electrons. The molecular formula is C13H17O7S-. The molecule has 0 N–H and O–H groups in total. The second kappa shape index (κ2) is 5.42. The first-order valence-electron chi connectivity index (χ1n) is 6.96. The number of fused-ring (bicyclic) bond motifs is 1. The van der Waals surface area contributed by atoms with Crippen LogP contribution >= 0.6 is 12.0 Å². The van der Waals surface area contributed by atoms with Gasteiger partial charge in [0, 0.05) is 23.9 Å². The summed E-state index contributed by atoms with van der Waals surface area (Å²) < 4.78 is 13.9. The lowest BCUT2D eigenvalue weighted by Gasteiger charge is -2.27. The van der Waals surface area contributed by atoms with Crippen LogP contribution in [0.15, 0.2) is 0 Å². The minimum Gasteiger partial charge on any atom is -0.691 e. The summed E-state index contributed by atoms with van der Waals surface area (Å²) in [5.41, 5.74) is 0. The van der Waals surface area contributed by atoms with Gasteiger partial charge in [-0.2, -0.15) is 4.33 Å². The molecular weight excluding hydrogens is 300 g/mol. The smallest absolute Gasteiger partial charge is 0.324 e. The van der Waals surface area contributed by atoms with E-state index in [0.717, 1.165) is 12.8 Å². The molecule has 21 heavy (non-hydrogen) atoms. The van der Waals surface area contributed by atoms with Crippen LogP contribution in [0.1, 0.15) is 26.7 Å². The van der Waals surface area contributed by atoms with Crippen molar-refractivity contribution in [1.82, 2.24) is 0 Å². The Morgan fingerprint density at radius 2 is 2.24 bits per heavy atom. The van der Waals surface area contributed by atoms with Gasteiger partial charge in [0.1, 0.15) is 10.9 Å². The van der Waals surface area contributed by atoms with E-state index >= 15 is 0 Å². The maximum absolute atomic E-state index is 12.0. The minimum absolute atomic E-state index is 0.0570. The average molecular weight is 317 g/mol. The van der Waals surface area contributed by atoms with Crippen LogP contribution in [0.25, 0.3) is 0 Å². The molecule has 2 saturated carbocycles.